The smallest absolute Gasteiger partial charge is 0.144 e. The van der Waals surface area contributed by atoms with Crippen molar-refractivity contribution in [2.75, 3.05) is 19.0 Å². The summed E-state index contributed by atoms with van der Waals surface area (Å²) in [5.74, 6) is 1.96. The fraction of sp³-hybridized carbons (Fsp3) is 0.357. The van der Waals surface area contributed by atoms with E-state index in [9.17, 15) is 0 Å². The molecule has 4 heteroatoms. The molecule has 3 rings (SSSR count). The standard InChI is InChI=1S/C14H17N3O/c1-10-11-6-5-9-15-14(11)17(16-10)12-7-3-4-8-13(12)18-2/h3-4,7-8,15H,5-6,9H2,1-2H3. The number of hydrogen-bond donors (Lipinski definition) is 1. The quantitative estimate of drug-likeness (QED) is 0.881. The Kier molecular flexibility index (Phi) is 2.70. The van der Waals surface area contributed by atoms with Gasteiger partial charge < -0.3 is 10.1 Å². The van der Waals surface area contributed by atoms with Crippen LogP contribution in [0.2, 0.25) is 0 Å². The maximum atomic E-state index is 5.41. The van der Waals surface area contributed by atoms with Gasteiger partial charge in [0.1, 0.15) is 17.3 Å². The number of methoxy groups -OCH3 is 1. The van der Waals surface area contributed by atoms with Gasteiger partial charge in [-0.05, 0) is 31.9 Å². The molecule has 1 aromatic heterocycles. The third-order valence-corrected chi connectivity index (χ3v) is 3.39. The van der Waals surface area contributed by atoms with Crippen LogP contribution in [0.25, 0.3) is 5.69 Å². The lowest BCUT2D eigenvalue weighted by Crippen LogP contribution is -2.14. The van der Waals surface area contributed by atoms with E-state index in [1.165, 1.54) is 12.0 Å². The van der Waals surface area contributed by atoms with Crippen LogP contribution in [0.3, 0.4) is 0 Å². The maximum absolute atomic E-state index is 5.41. The van der Waals surface area contributed by atoms with Gasteiger partial charge in [0.2, 0.25) is 0 Å². The molecular weight excluding hydrogens is 226 g/mol. The van der Waals surface area contributed by atoms with E-state index in [-0.39, 0.29) is 0 Å². The molecule has 1 N–H and O–H groups in total. The normalized spacial score (nSPS) is 13.9. The summed E-state index contributed by atoms with van der Waals surface area (Å²) in [5.41, 5.74) is 3.41. The Morgan fingerprint density at radius 1 is 1.33 bits per heavy atom. The van der Waals surface area contributed by atoms with Crippen LogP contribution in [0.15, 0.2) is 24.3 Å². The molecule has 0 saturated heterocycles. The van der Waals surface area contributed by atoms with Crippen molar-refractivity contribution in [1.82, 2.24) is 9.78 Å². The second kappa shape index (κ2) is 4.37. The molecule has 2 heterocycles. The van der Waals surface area contributed by atoms with Crippen molar-refractivity contribution in [3.05, 3.63) is 35.5 Å². The van der Waals surface area contributed by atoms with E-state index < -0.39 is 0 Å². The molecule has 1 aliphatic heterocycles. The monoisotopic (exact) mass is 243 g/mol. The highest BCUT2D eigenvalue weighted by atomic mass is 16.5. The molecule has 1 aliphatic rings. The highest BCUT2D eigenvalue weighted by Crippen LogP contribution is 2.31. The minimum Gasteiger partial charge on any atom is -0.494 e. The molecule has 4 nitrogen and oxygen atoms in total. The summed E-state index contributed by atoms with van der Waals surface area (Å²) >= 11 is 0. The van der Waals surface area contributed by atoms with Crippen LogP contribution in [-0.4, -0.2) is 23.4 Å². The third-order valence-electron chi connectivity index (χ3n) is 3.39. The number of para-hydroxylation sites is 2. The van der Waals surface area contributed by atoms with Crippen LogP contribution in [0.1, 0.15) is 17.7 Å². The molecule has 0 amide bonds. The summed E-state index contributed by atoms with van der Waals surface area (Å²) in [5, 5.41) is 8.09. The summed E-state index contributed by atoms with van der Waals surface area (Å²) in [6, 6.07) is 7.96. The molecule has 0 radical (unpaired) electrons. The zero-order chi connectivity index (χ0) is 12.5. The van der Waals surface area contributed by atoms with Gasteiger partial charge in [-0.3, -0.25) is 0 Å². The topological polar surface area (TPSA) is 39.1 Å². The Bertz CT molecular complexity index is 574. The van der Waals surface area contributed by atoms with E-state index >= 15 is 0 Å². The number of nitrogens with zero attached hydrogens (tertiary/aromatic N) is 2. The Hall–Kier alpha value is -1.97. The lowest BCUT2D eigenvalue weighted by molar-refractivity contribution is 0.412. The fourth-order valence-corrected chi connectivity index (χ4v) is 2.49. The van der Waals surface area contributed by atoms with E-state index in [2.05, 4.69) is 17.3 Å². The maximum Gasteiger partial charge on any atom is 0.144 e. The van der Waals surface area contributed by atoms with Crippen LogP contribution < -0.4 is 10.1 Å². The van der Waals surface area contributed by atoms with E-state index in [0.29, 0.717) is 0 Å². The molecular formula is C14H17N3O. The number of benzene rings is 1. The van der Waals surface area contributed by atoms with Crippen molar-refractivity contribution >= 4 is 5.82 Å². The first kappa shape index (κ1) is 11.1. The highest BCUT2D eigenvalue weighted by Gasteiger charge is 2.20. The number of fused-ring (bicyclic) bond motifs is 1. The Balaban J connectivity index is 2.17. The van der Waals surface area contributed by atoms with Crippen molar-refractivity contribution in [1.29, 1.82) is 0 Å². The van der Waals surface area contributed by atoms with Gasteiger partial charge in [-0.1, -0.05) is 12.1 Å². The SMILES string of the molecule is COc1ccccc1-n1nc(C)c2c1NCCC2. The molecule has 1 aromatic carbocycles. The van der Waals surface area contributed by atoms with Gasteiger partial charge in [-0.15, -0.1) is 0 Å². The minimum atomic E-state index is 0.843. The van der Waals surface area contributed by atoms with E-state index in [1.807, 2.05) is 28.9 Å². The number of ether oxygens (including phenoxy) is 1. The molecule has 0 spiro atoms. The van der Waals surface area contributed by atoms with Crippen LogP contribution >= 0.6 is 0 Å². The third kappa shape index (κ3) is 1.65. The van der Waals surface area contributed by atoms with Gasteiger partial charge in [-0.25, -0.2) is 4.68 Å². The number of aromatic nitrogens is 2. The summed E-state index contributed by atoms with van der Waals surface area (Å²) in [6.07, 6.45) is 2.27. The second-order valence-corrected chi connectivity index (χ2v) is 4.53. The van der Waals surface area contributed by atoms with Crippen molar-refractivity contribution in [3.8, 4) is 11.4 Å². The molecule has 0 saturated carbocycles. The average Bonchev–Trinajstić information content (AvgIpc) is 2.77. The fourth-order valence-electron chi connectivity index (χ4n) is 2.49. The molecule has 0 aliphatic carbocycles. The Labute approximate surface area is 107 Å². The minimum absolute atomic E-state index is 0.843. The number of nitrogens with one attached hydrogen (secondary N) is 1. The largest absolute Gasteiger partial charge is 0.494 e. The first-order valence-corrected chi connectivity index (χ1v) is 6.27. The van der Waals surface area contributed by atoms with Crippen LogP contribution in [0, 0.1) is 6.92 Å². The molecule has 0 unspecified atom stereocenters. The molecule has 2 aromatic rings. The van der Waals surface area contributed by atoms with Gasteiger partial charge in [0, 0.05) is 12.1 Å². The number of anilines is 1. The van der Waals surface area contributed by atoms with E-state index in [4.69, 9.17) is 4.74 Å². The van der Waals surface area contributed by atoms with Crippen LogP contribution in [0.5, 0.6) is 5.75 Å². The average molecular weight is 243 g/mol. The first-order valence-electron chi connectivity index (χ1n) is 6.27. The zero-order valence-corrected chi connectivity index (χ0v) is 10.7. The number of rotatable bonds is 2. The van der Waals surface area contributed by atoms with Gasteiger partial charge in [0.25, 0.3) is 0 Å². The second-order valence-electron chi connectivity index (χ2n) is 4.53. The van der Waals surface area contributed by atoms with Gasteiger partial charge in [0.05, 0.1) is 12.8 Å². The molecule has 0 fully saturated rings. The van der Waals surface area contributed by atoms with Crippen LogP contribution in [-0.2, 0) is 6.42 Å². The zero-order valence-electron chi connectivity index (χ0n) is 10.7. The molecule has 18 heavy (non-hydrogen) atoms. The lowest BCUT2D eigenvalue weighted by Gasteiger charge is -2.17. The van der Waals surface area contributed by atoms with Crippen molar-refractivity contribution < 1.29 is 4.74 Å². The molecule has 0 atom stereocenters. The summed E-state index contributed by atoms with van der Waals surface area (Å²) in [7, 11) is 1.69. The Morgan fingerprint density at radius 3 is 3.00 bits per heavy atom. The van der Waals surface area contributed by atoms with Crippen LogP contribution in [0.4, 0.5) is 5.82 Å². The molecule has 0 bridgehead atoms. The molecule has 94 valence electrons. The Morgan fingerprint density at radius 2 is 2.17 bits per heavy atom. The first-order chi connectivity index (χ1) is 8.81. The van der Waals surface area contributed by atoms with Gasteiger partial charge in [0.15, 0.2) is 0 Å². The summed E-state index contributed by atoms with van der Waals surface area (Å²) in [6.45, 7) is 3.07. The highest BCUT2D eigenvalue weighted by molar-refractivity contribution is 5.58. The summed E-state index contributed by atoms with van der Waals surface area (Å²) < 4.78 is 7.37. The number of aryl methyl sites for hydroxylation is 1. The van der Waals surface area contributed by atoms with Crippen molar-refractivity contribution in [3.63, 3.8) is 0 Å². The van der Waals surface area contributed by atoms with Crippen molar-refractivity contribution in [2.45, 2.75) is 19.8 Å². The van der Waals surface area contributed by atoms with E-state index in [1.54, 1.807) is 7.11 Å². The lowest BCUT2D eigenvalue weighted by atomic mass is 10.1. The predicted molar refractivity (Wildman–Crippen MR) is 71.7 cm³/mol. The predicted octanol–water partition coefficient (Wildman–Crippen LogP) is 2.55. The van der Waals surface area contributed by atoms with E-state index in [0.717, 1.165) is 35.9 Å². The number of hydrogen-bond acceptors (Lipinski definition) is 3. The van der Waals surface area contributed by atoms with Crippen molar-refractivity contribution in [2.24, 2.45) is 0 Å². The van der Waals surface area contributed by atoms with Gasteiger partial charge in [-0.2, -0.15) is 5.10 Å². The van der Waals surface area contributed by atoms with Gasteiger partial charge >= 0.3 is 0 Å². The summed E-state index contributed by atoms with van der Waals surface area (Å²) in [4.78, 5) is 0.